The first-order chi connectivity index (χ1) is 10.2. The van der Waals surface area contributed by atoms with Gasteiger partial charge in [0, 0.05) is 24.0 Å². The predicted molar refractivity (Wildman–Crippen MR) is 69.5 cm³/mol. The second kappa shape index (κ2) is 7.34. The van der Waals surface area contributed by atoms with E-state index < -0.39 is 42.2 Å². The van der Waals surface area contributed by atoms with Gasteiger partial charge in [-0.25, -0.2) is 14.4 Å². The monoisotopic (exact) mass is 313 g/mol. The second-order valence-electron chi connectivity index (χ2n) is 4.67. The normalized spacial score (nSPS) is 15.5. The summed E-state index contributed by atoms with van der Waals surface area (Å²) in [5.74, 6) is -4.75. The second-order valence-corrected chi connectivity index (χ2v) is 4.67. The molecule has 1 aliphatic heterocycles. The van der Waals surface area contributed by atoms with Gasteiger partial charge in [-0.15, -0.1) is 0 Å². The highest BCUT2D eigenvalue weighted by atomic mass is 16.6. The minimum atomic E-state index is -1.35. The molecule has 22 heavy (non-hydrogen) atoms. The summed E-state index contributed by atoms with van der Waals surface area (Å²) in [7, 11) is 0. The number of aliphatic carboxylic acids is 2. The Bertz CT molecular complexity index is 562. The van der Waals surface area contributed by atoms with Gasteiger partial charge in [-0.1, -0.05) is 0 Å². The SMILES string of the molecule is CC1=C(CCC(=O)N[C@@H](CCC(=O)O)C(=O)O)C(=O)OC1=O. The maximum atomic E-state index is 11.7. The molecule has 0 aromatic heterocycles. The molecule has 1 aliphatic rings. The molecule has 1 atom stereocenters. The number of amides is 1. The third-order valence-electron chi connectivity index (χ3n) is 3.07. The molecule has 1 rings (SSSR count). The highest BCUT2D eigenvalue weighted by Gasteiger charge is 2.30. The molecule has 0 aromatic carbocycles. The summed E-state index contributed by atoms with van der Waals surface area (Å²) in [5.41, 5.74) is 0.205. The van der Waals surface area contributed by atoms with Crippen molar-refractivity contribution in [3.63, 3.8) is 0 Å². The Morgan fingerprint density at radius 2 is 1.77 bits per heavy atom. The number of carbonyl (C=O) groups excluding carboxylic acids is 3. The molecule has 9 heteroatoms. The highest BCUT2D eigenvalue weighted by Crippen LogP contribution is 2.21. The summed E-state index contributed by atoms with van der Waals surface area (Å²) in [5, 5.41) is 19.6. The summed E-state index contributed by atoms with van der Waals surface area (Å²) < 4.78 is 4.36. The largest absolute Gasteiger partial charge is 0.481 e. The number of carboxylic acids is 2. The Balaban J connectivity index is 2.54. The van der Waals surface area contributed by atoms with E-state index in [4.69, 9.17) is 10.2 Å². The third kappa shape index (κ3) is 4.69. The highest BCUT2D eigenvalue weighted by molar-refractivity contribution is 6.12. The zero-order valence-corrected chi connectivity index (χ0v) is 11.7. The van der Waals surface area contributed by atoms with Crippen LogP contribution in [0.2, 0.25) is 0 Å². The molecule has 0 saturated heterocycles. The van der Waals surface area contributed by atoms with Crippen LogP contribution in [0.1, 0.15) is 32.6 Å². The van der Waals surface area contributed by atoms with Crippen molar-refractivity contribution in [3.05, 3.63) is 11.1 Å². The van der Waals surface area contributed by atoms with Crippen LogP contribution in [0.4, 0.5) is 0 Å². The molecule has 120 valence electrons. The number of nitrogens with one attached hydrogen (secondary N) is 1. The molecule has 0 aromatic rings. The first-order valence-corrected chi connectivity index (χ1v) is 6.42. The average molecular weight is 313 g/mol. The molecule has 0 aliphatic carbocycles. The van der Waals surface area contributed by atoms with E-state index in [0.717, 1.165) is 0 Å². The third-order valence-corrected chi connectivity index (χ3v) is 3.07. The van der Waals surface area contributed by atoms with Gasteiger partial charge in [-0.3, -0.25) is 9.59 Å². The van der Waals surface area contributed by atoms with Crippen LogP contribution in [0.3, 0.4) is 0 Å². The van der Waals surface area contributed by atoms with E-state index in [1.54, 1.807) is 0 Å². The van der Waals surface area contributed by atoms with Crippen LogP contribution in [0.15, 0.2) is 11.1 Å². The maximum absolute atomic E-state index is 11.7. The quantitative estimate of drug-likeness (QED) is 0.405. The van der Waals surface area contributed by atoms with Crippen molar-refractivity contribution >= 4 is 29.8 Å². The number of esters is 2. The fourth-order valence-corrected chi connectivity index (χ4v) is 1.82. The standard InChI is InChI=1S/C13H15NO8/c1-6-7(13(21)22-12(6)20)2-4-9(15)14-8(11(18)19)3-5-10(16)17/h8H,2-5H2,1H3,(H,14,15)(H,16,17)(H,18,19)/t8-/m0/s1. The van der Waals surface area contributed by atoms with Crippen LogP contribution < -0.4 is 5.32 Å². The Morgan fingerprint density at radius 1 is 1.14 bits per heavy atom. The molecule has 0 unspecified atom stereocenters. The van der Waals surface area contributed by atoms with E-state index >= 15 is 0 Å². The molecule has 1 amide bonds. The first kappa shape index (κ1) is 17.3. The molecule has 0 saturated carbocycles. The lowest BCUT2D eigenvalue weighted by Crippen LogP contribution is -2.41. The van der Waals surface area contributed by atoms with Gasteiger partial charge in [0.1, 0.15) is 6.04 Å². The minimum absolute atomic E-state index is 0.0620. The van der Waals surface area contributed by atoms with Crippen molar-refractivity contribution in [2.24, 2.45) is 0 Å². The molecule has 0 fully saturated rings. The van der Waals surface area contributed by atoms with E-state index in [-0.39, 0.29) is 30.4 Å². The molecule has 0 spiro atoms. The predicted octanol–water partition coefficient (Wildman–Crippen LogP) is -0.399. The van der Waals surface area contributed by atoms with Gasteiger partial charge >= 0.3 is 23.9 Å². The minimum Gasteiger partial charge on any atom is -0.481 e. The lowest BCUT2D eigenvalue weighted by molar-refractivity contribution is -0.151. The smallest absolute Gasteiger partial charge is 0.342 e. The van der Waals surface area contributed by atoms with E-state index in [1.165, 1.54) is 6.92 Å². The number of carboxylic acid groups (broad SMARTS) is 2. The van der Waals surface area contributed by atoms with Crippen molar-refractivity contribution in [1.82, 2.24) is 5.32 Å². The molecule has 9 nitrogen and oxygen atoms in total. The molecular formula is C13H15NO8. The molecular weight excluding hydrogens is 298 g/mol. The zero-order valence-electron chi connectivity index (χ0n) is 11.7. The number of hydrogen-bond acceptors (Lipinski definition) is 6. The van der Waals surface area contributed by atoms with Crippen LogP contribution >= 0.6 is 0 Å². The van der Waals surface area contributed by atoms with Gasteiger partial charge < -0.3 is 20.3 Å². The van der Waals surface area contributed by atoms with Crippen molar-refractivity contribution in [2.75, 3.05) is 0 Å². The summed E-state index contributed by atoms with van der Waals surface area (Å²) in [6.07, 6.45) is -0.930. The maximum Gasteiger partial charge on any atom is 0.342 e. The summed E-state index contributed by atoms with van der Waals surface area (Å²) >= 11 is 0. The topological polar surface area (TPSA) is 147 Å². The number of rotatable bonds is 8. The zero-order chi connectivity index (χ0) is 16.9. The Labute approximate surface area is 124 Å². The molecule has 1 heterocycles. The summed E-state index contributed by atoms with van der Waals surface area (Å²) in [4.78, 5) is 55.5. The Hall–Kier alpha value is -2.71. The van der Waals surface area contributed by atoms with Crippen molar-refractivity contribution in [2.45, 2.75) is 38.6 Å². The average Bonchev–Trinajstić information content (AvgIpc) is 2.65. The van der Waals surface area contributed by atoms with Gasteiger partial charge in [0.2, 0.25) is 5.91 Å². The van der Waals surface area contributed by atoms with Crippen molar-refractivity contribution in [3.8, 4) is 0 Å². The number of carbonyl (C=O) groups is 5. The van der Waals surface area contributed by atoms with Crippen molar-refractivity contribution < 1.29 is 38.9 Å². The number of ether oxygens (including phenoxy) is 1. The van der Waals surface area contributed by atoms with Gasteiger partial charge in [-0.2, -0.15) is 0 Å². The van der Waals surface area contributed by atoms with Crippen LogP contribution in [0.25, 0.3) is 0 Å². The molecule has 0 bridgehead atoms. The lowest BCUT2D eigenvalue weighted by atomic mass is 10.1. The first-order valence-electron chi connectivity index (χ1n) is 6.42. The van der Waals surface area contributed by atoms with Gasteiger partial charge in [0.25, 0.3) is 0 Å². The van der Waals surface area contributed by atoms with Gasteiger partial charge in [-0.05, 0) is 19.8 Å². The lowest BCUT2D eigenvalue weighted by Gasteiger charge is -2.13. The van der Waals surface area contributed by atoms with Crippen molar-refractivity contribution in [1.29, 1.82) is 0 Å². The Kier molecular flexibility index (Phi) is 5.79. The summed E-state index contributed by atoms with van der Waals surface area (Å²) in [6, 6.07) is -1.32. The van der Waals surface area contributed by atoms with E-state index in [9.17, 15) is 24.0 Å². The van der Waals surface area contributed by atoms with Crippen LogP contribution in [0.5, 0.6) is 0 Å². The molecule has 0 radical (unpaired) electrons. The Morgan fingerprint density at radius 3 is 2.23 bits per heavy atom. The fraction of sp³-hybridized carbons (Fsp3) is 0.462. The summed E-state index contributed by atoms with van der Waals surface area (Å²) in [6.45, 7) is 1.40. The van der Waals surface area contributed by atoms with Crippen LogP contribution in [-0.2, 0) is 28.7 Å². The van der Waals surface area contributed by atoms with Crippen LogP contribution in [0, 0.1) is 0 Å². The van der Waals surface area contributed by atoms with Gasteiger partial charge in [0.05, 0.1) is 0 Å². The molecule has 3 N–H and O–H groups in total. The van der Waals surface area contributed by atoms with E-state index in [0.29, 0.717) is 0 Å². The number of cyclic esters (lactones) is 2. The number of hydrogen-bond donors (Lipinski definition) is 3. The van der Waals surface area contributed by atoms with E-state index in [1.807, 2.05) is 0 Å². The van der Waals surface area contributed by atoms with Crippen LogP contribution in [-0.4, -0.2) is 46.0 Å². The van der Waals surface area contributed by atoms with Gasteiger partial charge in [0.15, 0.2) is 0 Å². The van der Waals surface area contributed by atoms with E-state index in [2.05, 4.69) is 10.1 Å². The fourth-order valence-electron chi connectivity index (χ4n) is 1.82.